The summed E-state index contributed by atoms with van der Waals surface area (Å²) in [6.45, 7) is 0. The van der Waals surface area contributed by atoms with E-state index in [0.717, 1.165) is 11.4 Å². The molecule has 16 heavy (non-hydrogen) atoms. The largest absolute Gasteiger partial charge is 0.453 e. The number of rotatable bonds is 0. The third-order valence-corrected chi connectivity index (χ3v) is 3.23. The molecule has 4 heteroatoms. The van der Waals surface area contributed by atoms with Crippen molar-refractivity contribution in [1.82, 2.24) is 0 Å². The van der Waals surface area contributed by atoms with Crippen LogP contribution < -0.4 is 10.1 Å². The summed E-state index contributed by atoms with van der Waals surface area (Å²) in [7, 11) is 0. The fourth-order valence-electron chi connectivity index (χ4n) is 1.65. The number of anilines is 2. The van der Waals surface area contributed by atoms with Gasteiger partial charge in [-0.25, -0.2) is 0 Å². The van der Waals surface area contributed by atoms with Gasteiger partial charge in [0.05, 0.1) is 15.7 Å². The van der Waals surface area contributed by atoms with Crippen molar-refractivity contribution in [3.63, 3.8) is 0 Å². The minimum absolute atomic E-state index is 0.480. The highest BCUT2D eigenvalue weighted by molar-refractivity contribution is 6.44. The fourth-order valence-corrected chi connectivity index (χ4v) is 2.01. The zero-order valence-electron chi connectivity index (χ0n) is 8.13. The molecule has 0 amide bonds. The van der Waals surface area contributed by atoms with E-state index in [1.807, 2.05) is 24.3 Å². The van der Waals surface area contributed by atoms with Crippen molar-refractivity contribution < 1.29 is 4.74 Å². The molecule has 0 saturated heterocycles. The van der Waals surface area contributed by atoms with Gasteiger partial charge in [-0.15, -0.1) is 0 Å². The maximum absolute atomic E-state index is 6.10. The first-order valence-electron chi connectivity index (χ1n) is 4.77. The molecule has 2 nitrogen and oxygen atoms in total. The van der Waals surface area contributed by atoms with E-state index in [4.69, 9.17) is 27.9 Å². The van der Waals surface area contributed by atoms with Crippen molar-refractivity contribution in [3.05, 3.63) is 46.4 Å². The highest BCUT2D eigenvalue weighted by atomic mass is 35.5. The number of para-hydroxylation sites is 2. The zero-order chi connectivity index (χ0) is 11.1. The summed E-state index contributed by atoms with van der Waals surface area (Å²) >= 11 is 12.0. The van der Waals surface area contributed by atoms with Crippen molar-refractivity contribution in [3.8, 4) is 11.5 Å². The van der Waals surface area contributed by atoms with Crippen molar-refractivity contribution in [2.24, 2.45) is 0 Å². The number of fused-ring (bicyclic) bond motifs is 2. The summed E-state index contributed by atoms with van der Waals surface area (Å²) in [5, 5.41) is 4.20. The summed E-state index contributed by atoms with van der Waals surface area (Å²) in [6, 6.07) is 11.2. The molecule has 2 aromatic carbocycles. The molecule has 0 aromatic heterocycles. The molecule has 80 valence electrons. The highest BCUT2D eigenvalue weighted by Gasteiger charge is 2.19. The molecule has 0 unspecified atom stereocenters. The maximum atomic E-state index is 6.10. The SMILES string of the molecule is Clc1ccc2c(c1Cl)Nc1ccccc1O2. The summed E-state index contributed by atoms with van der Waals surface area (Å²) in [5.41, 5.74) is 1.60. The Morgan fingerprint density at radius 2 is 1.75 bits per heavy atom. The van der Waals surface area contributed by atoms with Crippen LogP contribution in [0.5, 0.6) is 11.5 Å². The molecule has 2 aromatic rings. The third-order valence-electron chi connectivity index (χ3n) is 2.42. The van der Waals surface area contributed by atoms with Gasteiger partial charge in [-0.2, -0.15) is 0 Å². The molecule has 0 saturated carbocycles. The Hall–Kier alpha value is -1.38. The normalized spacial score (nSPS) is 12.1. The molecule has 0 aliphatic carbocycles. The minimum Gasteiger partial charge on any atom is -0.453 e. The van der Waals surface area contributed by atoms with Gasteiger partial charge in [0, 0.05) is 0 Å². The van der Waals surface area contributed by atoms with Crippen molar-refractivity contribution in [2.75, 3.05) is 5.32 Å². The molecule has 0 atom stereocenters. The molecular weight excluding hydrogens is 245 g/mol. The Labute approximate surface area is 103 Å². The van der Waals surface area contributed by atoms with Gasteiger partial charge in [-0.1, -0.05) is 35.3 Å². The number of hydrogen-bond donors (Lipinski definition) is 1. The number of hydrogen-bond acceptors (Lipinski definition) is 2. The average Bonchev–Trinajstić information content (AvgIpc) is 2.32. The van der Waals surface area contributed by atoms with Gasteiger partial charge < -0.3 is 10.1 Å². The summed E-state index contributed by atoms with van der Waals surface area (Å²) < 4.78 is 5.71. The maximum Gasteiger partial charge on any atom is 0.152 e. The lowest BCUT2D eigenvalue weighted by Gasteiger charge is -2.22. The Balaban J connectivity index is 2.16. The van der Waals surface area contributed by atoms with Crippen LogP contribution in [0.1, 0.15) is 0 Å². The predicted octanol–water partition coefficient (Wildman–Crippen LogP) is 4.84. The Bertz CT molecular complexity index is 569. The first-order valence-corrected chi connectivity index (χ1v) is 5.53. The van der Waals surface area contributed by atoms with E-state index in [9.17, 15) is 0 Å². The topological polar surface area (TPSA) is 21.3 Å². The van der Waals surface area contributed by atoms with Crippen LogP contribution in [0.2, 0.25) is 10.0 Å². The lowest BCUT2D eigenvalue weighted by atomic mass is 10.2. The van der Waals surface area contributed by atoms with Gasteiger partial charge in [0.25, 0.3) is 0 Å². The summed E-state index contributed by atoms with van der Waals surface area (Å²) in [5.74, 6) is 1.47. The van der Waals surface area contributed by atoms with E-state index in [2.05, 4.69) is 5.32 Å². The van der Waals surface area contributed by atoms with Crippen LogP contribution >= 0.6 is 23.2 Å². The van der Waals surface area contributed by atoms with E-state index in [1.165, 1.54) is 0 Å². The summed E-state index contributed by atoms with van der Waals surface area (Å²) in [6.07, 6.45) is 0. The van der Waals surface area contributed by atoms with E-state index < -0.39 is 0 Å². The van der Waals surface area contributed by atoms with Gasteiger partial charge in [0.1, 0.15) is 5.69 Å². The van der Waals surface area contributed by atoms with E-state index >= 15 is 0 Å². The van der Waals surface area contributed by atoms with Gasteiger partial charge in [0.15, 0.2) is 11.5 Å². The molecule has 0 bridgehead atoms. The molecular formula is C12H7Cl2NO. The van der Waals surface area contributed by atoms with Crippen LogP contribution in [-0.4, -0.2) is 0 Å². The van der Waals surface area contributed by atoms with Crippen LogP contribution in [0.3, 0.4) is 0 Å². The second-order valence-corrected chi connectivity index (χ2v) is 4.24. The van der Waals surface area contributed by atoms with Gasteiger partial charge in [0.2, 0.25) is 0 Å². The summed E-state index contributed by atoms with van der Waals surface area (Å²) in [4.78, 5) is 0. The van der Waals surface area contributed by atoms with E-state index in [0.29, 0.717) is 21.5 Å². The fraction of sp³-hybridized carbons (Fsp3) is 0. The van der Waals surface area contributed by atoms with Crippen molar-refractivity contribution >= 4 is 34.6 Å². The van der Waals surface area contributed by atoms with Crippen LogP contribution in [0.4, 0.5) is 11.4 Å². The minimum atomic E-state index is 0.480. The first-order chi connectivity index (χ1) is 7.75. The molecule has 1 heterocycles. The lowest BCUT2D eigenvalue weighted by molar-refractivity contribution is 0.481. The number of halogens is 2. The Kier molecular flexibility index (Phi) is 2.20. The quantitative estimate of drug-likeness (QED) is 0.617. The highest BCUT2D eigenvalue weighted by Crippen LogP contribution is 2.46. The Morgan fingerprint density at radius 3 is 2.62 bits per heavy atom. The van der Waals surface area contributed by atoms with Crippen molar-refractivity contribution in [2.45, 2.75) is 0 Å². The third kappa shape index (κ3) is 1.42. The Morgan fingerprint density at radius 1 is 0.938 bits per heavy atom. The van der Waals surface area contributed by atoms with E-state index in [-0.39, 0.29) is 0 Å². The van der Waals surface area contributed by atoms with E-state index in [1.54, 1.807) is 12.1 Å². The predicted molar refractivity (Wildman–Crippen MR) is 66.3 cm³/mol. The zero-order valence-corrected chi connectivity index (χ0v) is 9.64. The molecule has 0 radical (unpaired) electrons. The standard InChI is InChI=1S/C12H7Cl2NO/c13-7-5-6-10-12(11(7)14)15-8-3-1-2-4-9(8)16-10/h1-6,15H. The smallest absolute Gasteiger partial charge is 0.152 e. The van der Waals surface area contributed by atoms with Crippen LogP contribution in [0.25, 0.3) is 0 Å². The van der Waals surface area contributed by atoms with Gasteiger partial charge in [-0.3, -0.25) is 0 Å². The first kappa shape index (κ1) is 9.82. The molecule has 1 aliphatic heterocycles. The number of nitrogens with one attached hydrogen (secondary N) is 1. The van der Waals surface area contributed by atoms with Crippen LogP contribution in [0, 0.1) is 0 Å². The van der Waals surface area contributed by atoms with Crippen molar-refractivity contribution in [1.29, 1.82) is 0 Å². The van der Waals surface area contributed by atoms with Gasteiger partial charge in [-0.05, 0) is 24.3 Å². The molecule has 1 aliphatic rings. The van der Waals surface area contributed by atoms with Crippen LogP contribution in [-0.2, 0) is 0 Å². The van der Waals surface area contributed by atoms with Crippen LogP contribution in [0.15, 0.2) is 36.4 Å². The second kappa shape index (κ2) is 3.58. The second-order valence-electron chi connectivity index (χ2n) is 3.46. The molecule has 1 N–H and O–H groups in total. The molecule has 0 fully saturated rings. The average molecular weight is 252 g/mol. The lowest BCUT2D eigenvalue weighted by Crippen LogP contribution is -2.03. The molecule has 3 rings (SSSR count). The molecule has 0 spiro atoms. The van der Waals surface area contributed by atoms with Gasteiger partial charge >= 0.3 is 0 Å². The monoisotopic (exact) mass is 251 g/mol. The number of ether oxygens (including phenoxy) is 1. The number of benzene rings is 2.